The molecule has 1 aliphatic heterocycles. The van der Waals surface area contributed by atoms with E-state index in [0.717, 1.165) is 0 Å². The second kappa shape index (κ2) is 3.02. The van der Waals surface area contributed by atoms with Gasteiger partial charge in [-0.05, 0) is 9.75 Å². The summed E-state index contributed by atoms with van der Waals surface area (Å²) in [5.74, 6) is 0. The zero-order valence-corrected chi connectivity index (χ0v) is 7.27. The Morgan fingerprint density at radius 1 is 1.27 bits per heavy atom. The second-order valence-electron chi connectivity index (χ2n) is 2.74. The molecule has 0 aliphatic carbocycles. The highest BCUT2D eigenvalue weighted by molar-refractivity contribution is 4.12. The third kappa shape index (κ3) is 2.70. The van der Waals surface area contributed by atoms with Crippen LogP contribution in [-0.2, 0) is 14.7 Å². The molecular weight excluding hydrogens is 150 g/mol. The van der Waals surface area contributed by atoms with Gasteiger partial charge in [0, 0.05) is 19.3 Å². The van der Waals surface area contributed by atoms with Crippen molar-refractivity contribution in [3.63, 3.8) is 0 Å². The maximum atomic E-state index is 5.25. The molecule has 11 heavy (non-hydrogen) atoms. The summed E-state index contributed by atoms with van der Waals surface area (Å²) in [6.45, 7) is 0.358. The van der Waals surface area contributed by atoms with E-state index >= 15 is 0 Å². The molecule has 6 heteroatoms. The lowest BCUT2D eigenvalue weighted by atomic mass is 11.1. The molecule has 0 N–H and O–H groups in total. The summed E-state index contributed by atoms with van der Waals surface area (Å²) in [7, 11) is 6.94. The van der Waals surface area contributed by atoms with Crippen molar-refractivity contribution >= 4 is 0 Å². The Kier molecular flexibility index (Phi) is 2.43. The lowest BCUT2D eigenvalue weighted by Gasteiger charge is -2.21. The molecule has 0 amide bonds. The molecule has 0 bridgehead atoms. The summed E-state index contributed by atoms with van der Waals surface area (Å²) in [6, 6.07) is 0. The van der Waals surface area contributed by atoms with E-state index in [1.807, 2.05) is 0 Å². The molecule has 0 aromatic heterocycles. The summed E-state index contributed by atoms with van der Waals surface area (Å²) < 4.78 is 0. The van der Waals surface area contributed by atoms with Gasteiger partial charge in [0.2, 0.25) is 0 Å². The maximum absolute atomic E-state index is 5.25. The van der Waals surface area contributed by atoms with Crippen LogP contribution in [0.5, 0.6) is 0 Å². The molecule has 0 atom stereocenters. The van der Waals surface area contributed by atoms with Gasteiger partial charge >= 0.3 is 0 Å². The fourth-order valence-corrected chi connectivity index (χ4v) is 0.756. The number of rotatable bonds is 0. The third-order valence-corrected chi connectivity index (χ3v) is 1.12. The molecule has 66 valence electrons. The van der Waals surface area contributed by atoms with Gasteiger partial charge in [0.05, 0.1) is 0 Å². The molecule has 0 radical (unpaired) electrons. The highest BCUT2D eigenvalue weighted by Crippen LogP contribution is 2.09. The van der Waals surface area contributed by atoms with Crippen LogP contribution < -0.4 is 0 Å². The van der Waals surface area contributed by atoms with Crippen LogP contribution in [0.4, 0.5) is 0 Å². The van der Waals surface area contributed by atoms with Crippen molar-refractivity contribution in [1.29, 1.82) is 0 Å². The van der Waals surface area contributed by atoms with Crippen molar-refractivity contribution in [3.8, 4) is 0 Å². The molecule has 1 saturated heterocycles. The minimum absolute atomic E-state index is 0.0131. The Bertz CT molecular complexity index is 141. The van der Waals surface area contributed by atoms with E-state index in [4.69, 9.17) is 14.7 Å². The fourth-order valence-electron chi connectivity index (χ4n) is 0.756. The van der Waals surface area contributed by atoms with Crippen LogP contribution in [0, 0.1) is 0 Å². The second-order valence-corrected chi connectivity index (χ2v) is 2.74. The predicted octanol–water partition coefficient (Wildman–Crippen LogP) is -0.478. The molecule has 1 rings (SSSR count). The van der Waals surface area contributed by atoms with Crippen LogP contribution in [0.2, 0.25) is 0 Å². The SMILES string of the molecule is CN1CO[N+](C)(C)ON(C)O1. The number of hydrogen-bond donors (Lipinski definition) is 0. The van der Waals surface area contributed by atoms with Gasteiger partial charge in [0.15, 0.2) is 6.73 Å². The van der Waals surface area contributed by atoms with Gasteiger partial charge in [-0.3, -0.25) is 0 Å². The van der Waals surface area contributed by atoms with E-state index < -0.39 is 0 Å². The lowest BCUT2D eigenvalue weighted by molar-refractivity contribution is -1.24. The molecule has 0 spiro atoms. The molecule has 0 aromatic rings. The normalized spacial score (nSPS) is 28.4. The van der Waals surface area contributed by atoms with E-state index in [1.54, 1.807) is 28.2 Å². The van der Waals surface area contributed by atoms with Crippen molar-refractivity contribution in [2.24, 2.45) is 0 Å². The third-order valence-electron chi connectivity index (χ3n) is 1.12. The van der Waals surface area contributed by atoms with Crippen LogP contribution in [0.3, 0.4) is 0 Å². The van der Waals surface area contributed by atoms with Gasteiger partial charge < -0.3 is 0 Å². The molecule has 6 nitrogen and oxygen atoms in total. The summed E-state index contributed by atoms with van der Waals surface area (Å²) in [4.78, 5) is 15.4. The molecule has 0 unspecified atom stereocenters. The molecule has 0 aromatic carbocycles. The van der Waals surface area contributed by atoms with E-state index in [0.29, 0.717) is 6.73 Å². The Morgan fingerprint density at radius 3 is 2.55 bits per heavy atom. The average Bonchev–Trinajstić information content (AvgIpc) is 1.90. The van der Waals surface area contributed by atoms with Crippen molar-refractivity contribution in [3.05, 3.63) is 0 Å². The minimum Gasteiger partial charge on any atom is -0.175 e. The number of nitrogens with zero attached hydrogens (tertiary/aromatic N) is 3. The molecule has 1 aliphatic rings. The van der Waals surface area contributed by atoms with Crippen LogP contribution in [-0.4, -0.2) is 50.0 Å². The predicted molar refractivity (Wildman–Crippen MR) is 35.8 cm³/mol. The first-order valence-corrected chi connectivity index (χ1v) is 3.31. The molecule has 1 fully saturated rings. The lowest BCUT2D eigenvalue weighted by Crippen LogP contribution is -2.42. The summed E-state index contributed by atoms with van der Waals surface area (Å²) in [6.07, 6.45) is 0. The van der Waals surface area contributed by atoms with Crippen LogP contribution in [0.25, 0.3) is 0 Å². The maximum Gasteiger partial charge on any atom is 0.187 e. The summed E-state index contributed by atoms with van der Waals surface area (Å²) in [5, 5.41) is 2.76. The van der Waals surface area contributed by atoms with Gasteiger partial charge in [-0.1, -0.05) is 0 Å². The van der Waals surface area contributed by atoms with Crippen LogP contribution in [0.15, 0.2) is 0 Å². The van der Waals surface area contributed by atoms with E-state index in [9.17, 15) is 0 Å². The van der Waals surface area contributed by atoms with Gasteiger partial charge in [-0.15, -0.1) is 9.90 Å². The molecule has 0 saturated carbocycles. The first kappa shape index (κ1) is 8.85. The van der Waals surface area contributed by atoms with E-state index in [-0.39, 0.29) is 4.81 Å². The van der Waals surface area contributed by atoms with Crippen molar-refractivity contribution in [2.75, 3.05) is 34.9 Å². The highest BCUT2D eigenvalue weighted by Gasteiger charge is 2.28. The van der Waals surface area contributed by atoms with Crippen molar-refractivity contribution in [1.82, 2.24) is 10.3 Å². The van der Waals surface area contributed by atoms with E-state index in [1.165, 1.54) is 10.3 Å². The average molecular weight is 164 g/mol. The van der Waals surface area contributed by atoms with Crippen molar-refractivity contribution in [2.45, 2.75) is 0 Å². The van der Waals surface area contributed by atoms with Gasteiger partial charge in [-0.2, -0.15) is 4.94 Å². The number of quaternary nitrogens is 1. The number of hydrogen-bond acceptors (Lipinski definition) is 5. The minimum atomic E-state index is -0.0131. The van der Waals surface area contributed by atoms with Gasteiger partial charge in [0.1, 0.15) is 14.1 Å². The zero-order valence-electron chi connectivity index (χ0n) is 7.27. The largest absolute Gasteiger partial charge is 0.187 e. The van der Waals surface area contributed by atoms with E-state index in [2.05, 4.69) is 0 Å². The monoisotopic (exact) mass is 164 g/mol. The topological polar surface area (TPSA) is 34.2 Å². The molecular formula is C5H14N3O3+. The highest BCUT2D eigenvalue weighted by atomic mass is 17.2. The quantitative estimate of drug-likeness (QED) is 0.452. The Morgan fingerprint density at radius 2 is 1.91 bits per heavy atom. The van der Waals surface area contributed by atoms with Gasteiger partial charge in [-0.25, -0.2) is 0 Å². The first-order chi connectivity index (χ1) is 4.99. The Balaban J connectivity index is 2.53. The Hall–Kier alpha value is -0.240. The fraction of sp³-hybridized carbons (Fsp3) is 1.00. The zero-order chi connectivity index (χ0) is 8.48. The summed E-state index contributed by atoms with van der Waals surface area (Å²) >= 11 is 0. The van der Waals surface area contributed by atoms with Crippen LogP contribution >= 0.6 is 0 Å². The Labute approximate surface area is 65.8 Å². The van der Waals surface area contributed by atoms with Gasteiger partial charge in [0.25, 0.3) is 0 Å². The molecule has 1 heterocycles. The van der Waals surface area contributed by atoms with Crippen LogP contribution in [0.1, 0.15) is 0 Å². The summed E-state index contributed by atoms with van der Waals surface area (Å²) in [5.41, 5.74) is 0. The van der Waals surface area contributed by atoms with Crippen molar-refractivity contribution < 1.29 is 19.5 Å². The number of hydroxylamine groups is 8. The first-order valence-electron chi connectivity index (χ1n) is 3.31. The smallest absolute Gasteiger partial charge is 0.175 e. The standard InChI is InChI=1S/C5H14N3O3/c1-6-5-9-8(3,4)11-7(2)10-6/h5H2,1-4H3/q+1.